The Balaban J connectivity index is 1.95. The second kappa shape index (κ2) is 4.81. The minimum absolute atomic E-state index is 0.117. The first kappa shape index (κ1) is 12.6. The number of rotatable bonds is 4. The molecule has 17 heavy (non-hydrogen) atoms. The van der Waals surface area contributed by atoms with Crippen LogP contribution in [0.2, 0.25) is 0 Å². The maximum atomic E-state index is 11.6. The van der Waals surface area contributed by atoms with Crippen molar-refractivity contribution in [3.8, 4) is 0 Å². The first-order chi connectivity index (χ1) is 7.94. The van der Waals surface area contributed by atoms with Crippen molar-refractivity contribution in [3.05, 3.63) is 29.8 Å². The second-order valence-corrected chi connectivity index (χ2v) is 7.50. The van der Waals surface area contributed by atoms with E-state index in [1.807, 2.05) is 12.1 Å². The van der Waals surface area contributed by atoms with Gasteiger partial charge in [-0.15, -0.1) is 0 Å². The molecule has 0 spiro atoms. The molecule has 1 aliphatic rings. The van der Waals surface area contributed by atoms with E-state index in [0.29, 0.717) is 0 Å². The predicted octanol–water partition coefficient (Wildman–Crippen LogP) is 3.75. The Morgan fingerprint density at radius 2 is 1.94 bits per heavy atom. The van der Waals surface area contributed by atoms with Crippen molar-refractivity contribution in [1.29, 1.82) is 0 Å². The summed E-state index contributed by atoms with van der Waals surface area (Å²) in [6.45, 7) is 4.30. The van der Waals surface area contributed by atoms with Gasteiger partial charge in [0.25, 0.3) is 0 Å². The van der Waals surface area contributed by atoms with Gasteiger partial charge in [-0.05, 0) is 50.8 Å². The summed E-state index contributed by atoms with van der Waals surface area (Å²) >= 11 is 3.63. The number of nitrogens with one attached hydrogen (secondary N) is 1. The number of benzene rings is 1. The van der Waals surface area contributed by atoms with Crippen molar-refractivity contribution in [2.45, 2.75) is 37.4 Å². The van der Waals surface area contributed by atoms with Crippen LogP contribution in [-0.4, -0.2) is 10.2 Å². The highest BCUT2D eigenvalue weighted by Crippen LogP contribution is 2.30. The highest BCUT2D eigenvalue weighted by Gasteiger charge is 2.29. The van der Waals surface area contributed by atoms with E-state index in [0.717, 1.165) is 24.9 Å². The van der Waals surface area contributed by atoms with Crippen molar-refractivity contribution >= 4 is 27.5 Å². The molecule has 0 aliphatic heterocycles. The van der Waals surface area contributed by atoms with Crippen molar-refractivity contribution in [1.82, 2.24) is 0 Å². The molecule has 1 fully saturated rings. The quantitative estimate of drug-likeness (QED) is 0.842. The molecule has 0 saturated heterocycles. The van der Waals surface area contributed by atoms with Crippen molar-refractivity contribution in [2.24, 2.45) is 5.92 Å². The summed E-state index contributed by atoms with van der Waals surface area (Å²) < 4.78 is 0.117. The molecule has 1 aliphatic carbocycles. The maximum absolute atomic E-state index is 11.6. The van der Waals surface area contributed by atoms with Gasteiger partial charge in [0.15, 0.2) is 0 Å². The molecular formula is C14H18BrNO. The summed E-state index contributed by atoms with van der Waals surface area (Å²) in [7, 11) is 0. The number of hydrogen-bond donors (Lipinski definition) is 1. The lowest BCUT2D eigenvalue weighted by Crippen LogP contribution is -2.14. The molecule has 1 aromatic rings. The zero-order valence-electron chi connectivity index (χ0n) is 10.3. The summed E-state index contributed by atoms with van der Waals surface area (Å²) in [6, 6.07) is 8.11. The topological polar surface area (TPSA) is 29.1 Å². The smallest absolute Gasteiger partial charge is 0.227 e. The lowest BCUT2D eigenvalue weighted by molar-refractivity contribution is -0.117. The Kier molecular flexibility index (Phi) is 3.57. The lowest BCUT2D eigenvalue weighted by Gasteiger charge is -2.16. The zero-order chi connectivity index (χ0) is 12.5. The average Bonchev–Trinajstić information content (AvgIpc) is 3.02. The third-order valence-corrected chi connectivity index (χ3v) is 3.07. The van der Waals surface area contributed by atoms with Gasteiger partial charge in [-0.3, -0.25) is 4.79 Å². The molecule has 3 heteroatoms. The molecule has 1 amide bonds. The molecule has 92 valence electrons. The summed E-state index contributed by atoms with van der Waals surface area (Å²) in [4.78, 5) is 11.6. The predicted molar refractivity (Wildman–Crippen MR) is 74.5 cm³/mol. The first-order valence-corrected chi connectivity index (χ1v) is 6.82. The van der Waals surface area contributed by atoms with Gasteiger partial charge in [0.2, 0.25) is 5.91 Å². The van der Waals surface area contributed by atoms with Crippen LogP contribution in [0.25, 0.3) is 0 Å². The van der Waals surface area contributed by atoms with E-state index >= 15 is 0 Å². The van der Waals surface area contributed by atoms with E-state index in [-0.39, 0.29) is 16.1 Å². The zero-order valence-corrected chi connectivity index (χ0v) is 11.9. The molecule has 1 N–H and O–H groups in total. The van der Waals surface area contributed by atoms with Crippen LogP contribution >= 0.6 is 15.9 Å². The Hall–Kier alpha value is -0.830. The van der Waals surface area contributed by atoms with Crippen LogP contribution in [0.3, 0.4) is 0 Å². The Bertz CT molecular complexity index is 401. The number of amides is 1. The summed E-state index contributed by atoms with van der Waals surface area (Å²) in [5.41, 5.74) is 2.18. The Labute approximate surface area is 111 Å². The third-order valence-electron chi connectivity index (χ3n) is 2.79. The molecule has 2 nitrogen and oxygen atoms in total. The van der Waals surface area contributed by atoms with Crippen LogP contribution in [0, 0.1) is 5.92 Å². The van der Waals surface area contributed by atoms with Gasteiger partial charge in [-0.25, -0.2) is 0 Å². The van der Waals surface area contributed by atoms with E-state index in [1.165, 1.54) is 5.56 Å². The van der Waals surface area contributed by atoms with E-state index in [2.05, 4.69) is 47.2 Å². The molecule has 0 atom stereocenters. The maximum Gasteiger partial charge on any atom is 0.227 e. The molecule has 1 saturated carbocycles. The van der Waals surface area contributed by atoms with Crippen molar-refractivity contribution < 1.29 is 4.79 Å². The van der Waals surface area contributed by atoms with Crippen LogP contribution in [0.1, 0.15) is 32.3 Å². The van der Waals surface area contributed by atoms with Crippen LogP contribution < -0.4 is 5.32 Å². The Morgan fingerprint density at radius 1 is 1.35 bits per heavy atom. The van der Waals surface area contributed by atoms with Crippen molar-refractivity contribution in [3.63, 3.8) is 0 Å². The van der Waals surface area contributed by atoms with Crippen molar-refractivity contribution in [2.75, 3.05) is 5.32 Å². The van der Waals surface area contributed by atoms with E-state index < -0.39 is 0 Å². The van der Waals surface area contributed by atoms with Gasteiger partial charge in [0, 0.05) is 15.9 Å². The number of alkyl halides is 1. The van der Waals surface area contributed by atoms with E-state index in [1.54, 1.807) is 0 Å². The number of halogens is 1. The van der Waals surface area contributed by atoms with Gasteiger partial charge in [-0.2, -0.15) is 0 Å². The molecule has 0 bridgehead atoms. The fraction of sp³-hybridized carbons (Fsp3) is 0.500. The fourth-order valence-corrected chi connectivity index (χ4v) is 2.10. The largest absolute Gasteiger partial charge is 0.326 e. The molecule has 2 rings (SSSR count). The van der Waals surface area contributed by atoms with E-state index in [4.69, 9.17) is 0 Å². The first-order valence-electron chi connectivity index (χ1n) is 6.03. The molecule has 1 aromatic carbocycles. The van der Waals surface area contributed by atoms with Crippen LogP contribution in [0.4, 0.5) is 5.69 Å². The number of hydrogen-bond acceptors (Lipinski definition) is 1. The normalized spacial score (nSPS) is 15.7. The van der Waals surface area contributed by atoms with Crippen LogP contribution in [0.15, 0.2) is 24.3 Å². The summed E-state index contributed by atoms with van der Waals surface area (Å²) in [5, 5.41) is 2.94. The lowest BCUT2D eigenvalue weighted by atomic mass is 10.0. The Morgan fingerprint density at radius 3 is 2.41 bits per heavy atom. The van der Waals surface area contributed by atoms with Gasteiger partial charge >= 0.3 is 0 Å². The number of carbonyl (C=O) groups excluding carboxylic acids is 1. The van der Waals surface area contributed by atoms with Gasteiger partial charge in [0.05, 0.1) is 0 Å². The van der Waals surface area contributed by atoms with Gasteiger partial charge in [0.1, 0.15) is 0 Å². The summed E-state index contributed by atoms with van der Waals surface area (Å²) in [6.07, 6.45) is 3.06. The molecule has 0 heterocycles. The number of carbonyl (C=O) groups is 1. The van der Waals surface area contributed by atoms with Crippen LogP contribution in [-0.2, 0) is 11.2 Å². The van der Waals surface area contributed by atoms with Gasteiger partial charge < -0.3 is 5.32 Å². The highest BCUT2D eigenvalue weighted by atomic mass is 79.9. The van der Waals surface area contributed by atoms with Gasteiger partial charge in [-0.1, -0.05) is 28.1 Å². The molecular weight excluding hydrogens is 278 g/mol. The monoisotopic (exact) mass is 295 g/mol. The SMILES string of the molecule is CC(C)(Br)Cc1ccc(NC(=O)C2CC2)cc1. The average molecular weight is 296 g/mol. The highest BCUT2D eigenvalue weighted by molar-refractivity contribution is 9.10. The van der Waals surface area contributed by atoms with E-state index in [9.17, 15) is 4.79 Å². The fourth-order valence-electron chi connectivity index (χ4n) is 1.78. The minimum Gasteiger partial charge on any atom is -0.326 e. The second-order valence-electron chi connectivity index (χ2n) is 5.36. The molecule has 0 unspecified atom stereocenters. The molecule has 0 aromatic heterocycles. The van der Waals surface area contributed by atoms with Crippen LogP contribution in [0.5, 0.6) is 0 Å². The number of anilines is 1. The standard InChI is InChI=1S/C14H18BrNO/c1-14(2,15)9-10-3-7-12(8-4-10)16-13(17)11-5-6-11/h3-4,7-8,11H,5-6,9H2,1-2H3,(H,16,17). The molecule has 0 radical (unpaired) electrons. The third kappa shape index (κ3) is 4.15. The summed E-state index contributed by atoms with van der Waals surface area (Å²) in [5.74, 6) is 0.426. The minimum atomic E-state index is 0.117.